The zero-order valence-electron chi connectivity index (χ0n) is 13.7. The van der Waals surface area contributed by atoms with Crippen LogP contribution in [0.5, 0.6) is 0 Å². The third kappa shape index (κ3) is 3.44. The molecule has 0 amide bonds. The number of anilines is 1. The van der Waals surface area contributed by atoms with Crippen LogP contribution >= 0.6 is 15.9 Å². The predicted octanol–water partition coefficient (Wildman–Crippen LogP) is 5.46. The summed E-state index contributed by atoms with van der Waals surface area (Å²) in [5.41, 5.74) is 4.84. The number of rotatable bonds is 5. The highest BCUT2D eigenvalue weighted by Crippen LogP contribution is 2.25. The van der Waals surface area contributed by atoms with Gasteiger partial charge < -0.3 is 9.88 Å². The lowest BCUT2D eigenvalue weighted by Crippen LogP contribution is -2.00. The third-order valence-electron chi connectivity index (χ3n) is 4.31. The standard InChI is InChI=1S/C21H18BrN3/c22-20-9-3-1-6-16(20)14-25-15-17(19-8-2-4-10-21(19)25)12-24-18-7-5-11-23-13-18/h1-11,13,15,24H,12,14H2. The van der Waals surface area contributed by atoms with Crippen molar-refractivity contribution in [1.82, 2.24) is 9.55 Å². The first-order valence-electron chi connectivity index (χ1n) is 8.25. The molecule has 0 saturated heterocycles. The van der Waals surface area contributed by atoms with Crippen LogP contribution in [0.1, 0.15) is 11.1 Å². The zero-order chi connectivity index (χ0) is 17.1. The van der Waals surface area contributed by atoms with Crippen molar-refractivity contribution in [3.63, 3.8) is 0 Å². The molecule has 2 aromatic heterocycles. The third-order valence-corrected chi connectivity index (χ3v) is 5.09. The van der Waals surface area contributed by atoms with Crippen LogP contribution in [0.4, 0.5) is 5.69 Å². The number of benzene rings is 2. The van der Waals surface area contributed by atoms with Gasteiger partial charge in [-0.3, -0.25) is 4.98 Å². The van der Waals surface area contributed by atoms with Crippen molar-refractivity contribution in [3.8, 4) is 0 Å². The number of nitrogens with one attached hydrogen (secondary N) is 1. The van der Waals surface area contributed by atoms with Crippen molar-refractivity contribution in [3.05, 3.63) is 94.9 Å². The Morgan fingerprint density at radius 3 is 2.60 bits per heavy atom. The van der Waals surface area contributed by atoms with E-state index in [0.717, 1.165) is 23.2 Å². The van der Waals surface area contributed by atoms with Crippen molar-refractivity contribution in [2.45, 2.75) is 13.1 Å². The van der Waals surface area contributed by atoms with Gasteiger partial charge in [-0.1, -0.05) is 52.3 Å². The van der Waals surface area contributed by atoms with Crippen molar-refractivity contribution in [1.29, 1.82) is 0 Å². The summed E-state index contributed by atoms with van der Waals surface area (Å²) >= 11 is 3.65. The second kappa shape index (κ2) is 7.11. The Morgan fingerprint density at radius 2 is 1.76 bits per heavy atom. The molecule has 0 saturated carbocycles. The summed E-state index contributed by atoms with van der Waals surface area (Å²) in [5.74, 6) is 0. The van der Waals surface area contributed by atoms with Gasteiger partial charge >= 0.3 is 0 Å². The van der Waals surface area contributed by atoms with Gasteiger partial charge in [0, 0.05) is 47.1 Å². The smallest absolute Gasteiger partial charge is 0.0529 e. The van der Waals surface area contributed by atoms with Crippen LogP contribution in [0.2, 0.25) is 0 Å². The minimum Gasteiger partial charge on any atom is -0.380 e. The first-order chi connectivity index (χ1) is 12.3. The van der Waals surface area contributed by atoms with Gasteiger partial charge in [0.25, 0.3) is 0 Å². The van der Waals surface area contributed by atoms with Crippen LogP contribution in [0.15, 0.2) is 83.7 Å². The van der Waals surface area contributed by atoms with E-state index in [9.17, 15) is 0 Å². The predicted molar refractivity (Wildman–Crippen MR) is 107 cm³/mol. The Bertz CT molecular complexity index is 992. The second-order valence-corrected chi connectivity index (χ2v) is 6.84. The topological polar surface area (TPSA) is 29.9 Å². The van der Waals surface area contributed by atoms with Crippen LogP contribution in [0.25, 0.3) is 10.9 Å². The maximum absolute atomic E-state index is 4.16. The van der Waals surface area contributed by atoms with Gasteiger partial charge in [-0.15, -0.1) is 0 Å². The maximum Gasteiger partial charge on any atom is 0.0529 e. The van der Waals surface area contributed by atoms with Crippen molar-refractivity contribution in [2.75, 3.05) is 5.32 Å². The average Bonchev–Trinajstić information content (AvgIpc) is 3.01. The van der Waals surface area contributed by atoms with Crippen LogP contribution in [0, 0.1) is 0 Å². The molecule has 25 heavy (non-hydrogen) atoms. The lowest BCUT2D eigenvalue weighted by Gasteiger charge is -2.07. The normalized spacial score (nSPS) is 10.9. The van der Waals surface area contributed by atoms with Crippen LogP contribution in [-0.2, 0) is 13.1 Å². The van der Waals surface area contributed by atoms with Crippen LogP contribution in [0.3, 0.4) is 0 Å². The highest BCUT2D eigenvalue weighted by Gasteiger charge is 2.09. The summed E-state index contributed by atoms with van der Waals surface area (Å²) in [6.45, 7) is 1.62. The Kier molecular flexibility index (Phi) is 4.53. The van der Waals surface area contributed by atoms with E-state index in [0.29, 0.717) is 0 Å². The minimum absolute atomic E-state index is 0.773. The molecule has 0 radical (unpaired) electrons. The molecule has 2 heterocycles. The number of hydrogen-bond donors (Lipinski definition) is 1. The lowest BCUT2D eigenvalue weighted by molar-refractivity contribution is 0.827. The van der Waals surface area contributed by atoms with Gasteiger partial charge in [-0.25, -0.2) is 0 Å². The molecule has 3 nitrogen and oxygen atoms in total. The molecule has 4 heteroatoms. The fraction of sp³-hybridized carbons (Fsp3) is 0.0952. The number of aromatic nitrogens is 2. The molecule has 0 aliphatic carbocycles. The van der Waals surface area contributed by atoms with E-state index in [4.69, 9.17) is 0 Å². The van der Waals surface area contributed by atoms with E-state index in [1.54, 1.807) is 6.20 Å². The zero-order valence-corrected chi connectivity index (χ0v) is 15.3. The molecular formula is C21H18BrN3. The summed E-state index contributed by atoms with van der Waals surface area (Å²) in [7, 11) is 0. The molecule has 0 fully saturated rings. The quantitative estimate of drug-likeness (QED) is 0.489. The van der Waals surface area contributed by atoms with Gasteiger partial charge in [0.2, 0.25) is 0 Å². The van der Waals surface area contributed by atoms with E-state index in [-0.39, 0.29) is 0 Å². The second-order valence-electron chi connectivity index (χ2n) is 5.99. The lowest BCUT2D eigenvalue weighted by atomic mass is 10.2. The fourth-order valence-corrected chi connectivity index (χ4v) is 3.48. The molecule has 1 N–H and O–H groups in total. The number of halogens is 1. The molecule has 0 aliphatic heterocycles. The highest BCUT2D eigenvalue weighted by atomic mass is 79.9. The van der Waals surface area contributed by atoms with Crippen LogP contribution in [-0.4, -0.2) is 9.55 Å². The molecule has 0 aliphatic rings. The van der Waals surface area contributed by atoms with E-state index in [2.05, 4.69) is 79.5 Å². The summed E-state index contributed by atoms with van der Waals surface area (Å²) in [5, 5.41) is 4.74. The van der Waals surface area contributed by atoms with Gasteiger partial charge in [0.05, 0.1) is 5.69 Å². The Hall–Kier alpha value is -2.59. The van der Waals surface area contributed by atoms with Gasteiger partial charge in [-0.05, 0) is 35.4 Å². The molecule has 0 unspecified atom stereocenters. The van der Waals surface area contributed by atoms with E-state index < -0.39 is 0 Å². The van der Waals surface area contributed by atoms with E-state index in [1.807, 2.05) is 24.4 Å². The van der Waals surface area contributed by atoms with Gasteiger partial charge in [0.15, 0.2) is 0 Å². The Morgan fingerprint density at radius 1 is 0.920 bits per heavy atom. The molecule has 124 valence electrons. The number of pyridine rings is 1. The van der Waals surface area contributed by atoms with Gasteiger partial charge in [-0.2, -0.15) is 0 Å². The summed E-state index contributed by atoms with van der Waals surface area (Å²) in [4.78, 5) is 4.16. The largest absolute Gasteiger partial charge is 0.380 e. The number of nitrogens with zero attached hydrogens (tertiary/aromatic N) is 2. The Labute approximate surface area is 155 Å². The highest BCUT2D eigenvalue weighted by molar-refractivity contribution is 9.10. The van der Waals surface area contributed by atoms with Crippen LogP contribution < -0.4 is 5.32 Å². The number of hydrogen-bond acceptors (Lipinski definition) is 2. The average molecular weight is 392 g/mol. The first-order valence-corrected chi connectivity index (χ1v) is 9.04. The molecule has 2 aromatic carbocycles. The monoisotopic (exact) mass is 391 g/mol. The first kappa shape index (κ1) is 15.9. The Balaban J connectivity index is 1.65. The summed E-state index contributed by atoms with van der Waals surface area (Å²) in [6, 6.07) is 20.9. The fourth-order valence-electron chi connectivity index (χ4n) is 3.07. The molecule has 4 aromatic rings. The van der Waals surface area contributed by atoms with Crippen molar-refractivity contribution >= 4 is 32.5 Å². The molecule has 4 rings (SSSR count). The molecule has 0 atom stereocenters. The molecular weight excluding hydrogens is 374 g/mol. The van der Waals surface area contributed by atoms with Crippen molar-refractivity contribution < 1.29 is 0 Å². The minimum atomic E-state index is 0.773. The molecule has 0 bridgehead atoms. The van der Waals surface area contributed by atoms with Crippen molar-refractivity contribution in [2.24, 2.45) is 0 Å². The number of para-hydroxylation sites is 1. The summed E-state index contributed by atoms with van der Waals surface area (Å²) < 4.78 is 3.46. The maximum atomic E-state index is 4.16. The number of fused-ring (bicyclic) bond motifs is 1. The summed E-state index contributed by atoms with van der Waals surface area (Å²) in [6.07, 6.45) is 5.88. The molecule has 0 spiro atoms. The van der Waals surface area contributed by atoms with Gasteiger partial charge in [0.1, 0.15) is 0 Å². The SMILES string of the molecule is Brc1ccccc1Cn1cc(CNc2cccnc2)c2ccccc21. The van der Waals surface area contributed by atoms with E-state index in [1.165, 1.54) is 22.0 Å². The van der Waals surface area contributed by atoms with E-state index >= 15 is 0 Å².